The fraction of sp³-hybridized carbons (Fsp3) is 0.265. The lowest BCUT2D eigenvalue weighted by molar-refractivity contribution is 0.0444. The van der Waals surface area contributed by atoms with E-state index >= 15 is 0 Å². The average molecular weight is 1920 g/mol. The number of Topliss-reactive ketones (excluding diaryl/α,β-unsaturated/α-hetero) is 1. The molecule has 2 saturated carbocycles. The molecule has 2 aliphatic rings. The lowest BCUT2D eigenvalue weighted by Crippen LogP contribution is -2.51. The Bertz CT molecular complexity index is 7930. The summed E-state index contributed by atoms with van der Waals surface area (Å²) >= 11 is 0. The Hall–Kier alpha value is -17.4. The summed E-state index contributed by atoms with van der Waals surface area (Å²) in [5, 5.41) is 84.4. The van der Waals surface area contributed by atoms with Crippen molar-refractivity contribution in [3.05, 3.63) is 263 Å². The number of halogens is 1. The fourth-order valence-corrected chi connectivity index (χ4v) is 16.1. The van der Waals surface area contributed by atoms with Gasteiger partial charge in [-0.2, -0.15) is 18.1 Å². The Morgan fingerprint density at radius 3 is 0.915 bits per heavy atom. The van der Waals surface area contributed by atoms with Crippen molar-refractivity contribution < 1.29 is 79.6 Å². The highest BCUT2D eigenvalue weighted by atomic mass is 19.1. The number of fused-ring (bicyclic) bond motifs is 12. The van der Waals surface area contributed by atoms with Crippen LogP contribution in [0.2, 0.25) is 0 Å². The first kappa shape index (κ1) is 93.6. The predicted molar refractivity (Wildman–Crippen MR) is 505 cm³/mol. The third-order valence-corrected chi connectivity index (χ3v) is 23.1. The van der Waals surface area contributed by atoms with Crippen LogP contribution in [-0.2, 0) is 71.8 Å². The number of ether oxygens (including phenoxy) is 8. The minimum Gasteiger partial charge on any atom is -0.470 e. The Morgan fingerprint density at radius 1 is 0.366 bits per heavy atom. The summed E-state index contributed by atoms with van der Waals surface area (Å²) in [5.74, 6) is 4.89. The number of benzene rings is 4. The van der Waals surface area contributed by atoms with E-state index in [0.717, 1.165) is 68.8 Å². The molecule has 0 aliphatic heterocycles. The maximum atomic E-state index is 13.7. The molecule has 43 nitrogen and oxygen atoms in total. The topological polar surface area (TPSA) is 506 Å². The molecular weight excluding hydrogens is 1830 g/mol. The van der Waals surface area contributed by atoms with Gasteiger partial charge >= 0.3 is 0 Å². The molecule has 720 valence electrons. The third-order valence-electron chi connectivity index (χ3n) is 23.1. The van der Waals surface area contributed by atoms with Crippen molar-refractivity contribution in [3.8, 4) is 69.6 Å². The van der Waals surface area contributed by atoms with Gasteiger partial charge in [-0.15, -0.1) is 61.2 Å². The molecule has 2 aliphatic carbocycles. The first-order chi connectivity index (χ1) is 69.4. The van der Waals surface area contributed by atoms with Gasteiger partial charge in [0.05, 0.1) is 39.5 Å². The van der Waals surface area contributed by atoms with Crippen molar-refractivity contribution in [2.24, 2.45) is 0 Å². The van der Waals surface area contributed by atoms with E-state index < -0.39 is 5.67 Å². The van der Waals surface area contributed by atoms with Gasteiger partial charge in [-0.25, -0.2) is 4.39 Å². The molecule has 4 aromatic carbocycles. The lowest BCUT2D eigenvalue weighted by atomic mass is 9.79. The Balaban J connectivity index is 0.000000120. The second-order valence-electron chi connectivity index (χ2n) is 33.4. The molecule has 16 heterocycles. The van der Waals surface area contributed by atoms with Gasteiger partial charge < -0.3 is 71.9 Å². The molecule has 3 N–H and O–H groups in total. The SMILES string of the molecule is CCNC(=O)c1ccc(COc2nn3c(-c4cc(COC)on4)nnc3c3ccccc23)nc1.COCc1cc(-c2nnc3c4ccccc4c(OCc4ccc(C(=O)NC5CC(C)(F)C5)cn4)nn23)no1.COCc1cc(-c2nnc3c4ccccc4c(OCc4ccc(C(=O)NC5CCCCC5)cn4)nn23)no1.COCc1cc(-c2nnc3c4ccccc4c(OCc4ccc(C(C)=O)cn4)nn23)no1. The van der Waals surface area contributed by atoms with Crippen molar-refractivity contribution in [3.63, 3.8) is 0 Å². The molecule has 16 aromatic heterocycles. The summed E-state index contributed by atoms with van der Waals surface area (Å²) in [7, 11) is 6.31. The van der Waals surface area contributed by atoms with E-state index in [0.29, 0.717) is 199 Å². The van der Waals surface area contributed by atoms with E-state index in [1.807, 2.05) is 104 Å². The molecule has 3 amide bonds. The highest BCUT2D eigenvalue weighted by Crippen LogP contribution is 2.38. The number of carbonyl (C=O) groups excluding carboxylic acids is 4. The van der Waals surface area contributed by atoms with Crippen LogP contribution in [0, 0.1) is 0 Å². The fourth-order valence-electron chi connectivity index (χ4n) is 16.1. The van der Waals surface area contributed by atoms with Crippen LogP contribution < -0.4 is 34.9 Å². The molecule has 0 spiro atoms. The minimum absolute atomic E-state index is 0.0373. The predicted octanol–water partition coefficient (Wildman–Crippen LogP) is 13.8. The molecule has 0 radical (unpaired) electrons. The lowest BCUT2D eigenvalue weighted by Gasteiger charge is -2.38. The number of nitrogens with zero attached hydrogens (tertiary/aromatic N) is 24. The van der Waals surface area contributed by atoms with Gasteiger partial charge in [0.15, 0.2) is 74.2 Å². The third kappa shape index (κ3) is 20.8. The van der Waals surface area contributed by atoms with Crippen LogP contribution in [0.25, 0.3) is 112 Å². The number of pyridine rings is 4. The number of methoxy groups -OCH3 is 4. The van der Waals surface area contributed by atoms with Gasteiger partial charge in [-0.1, -0.05) is 113 Å². The first-order valence-electron chi connectivity index (χ1n) is 45.2. The minimum atomic E-state index is -1.20. The summed E-state index contributed by atoms with van der Waals surface area (Å²) in [4.78, 5) is 65.9. The van der Waals surface area contributed by atoms with Crippen molar-refractivity contribution in [1.82, 2.24) is 136 Å². The van der Waals surface area contributed by atoms with Crippen molar-refractivity contribution in [1.29, 1.82) is 0 Å². The molecule has 0 atom stereocenters. The van der Waals surface area contributed by atoms with Crippen molar-refractivity contribution >= 4 is 89.2 Å². The van der Waals surface area contributed by atoms with E-state index in [2.05, 4.69) is 118 Å². The first-order valence-corrected chi connectivity index (χ1v) is 45.2. The van der Waals surface area contributed by atoms with Crippen LogP contribution >= 0.6 is 0 Å². The summed E-state index contributed by atoms with van der Waals surface area (Å²) in [6, 6.07) is 51.5. The number of hydrogen-bond acceptors (Lipinski definition) is 36. The molecule has 2 fully saturated rings. The second-order valence-corrected chi connectivity index (χ2v) is 33.4. The van der Waals surface area contributed by atoms with Gasteiger partial charge in [0.1, 0.15) is 58.5 Å². The summed E-state index contributed by atoms with van der Waals surface area (Å²) in [5.41, 5.74) is 7.58. The summed E-state index contributed by atoms with van der Waals surface area (Å²) in [6.07, 6.45) is 12.4. The zero-order chi connectivity index (χ0) is 97.7. The number of nitrogens with one attached hydrogen (secondary N) is 3. The van der Waals surface area contributed by atoms with E-state index in [1.165, 1.54) is 31.9 Å². The van der Waals surface area contributed by atoms with Crippen LogP contribution in [0.4, 0.5) is 4.39 Å². The Morgan fingerprint density at radius 2 is 0.648 bits per heavy atom. The highest BCUT2D eigenvalue weighted by molar-refractivity contribution is 6.01. The van der Waals surface area contributed by atoms with E-state index in [-0.39, 0.29) is 68.6 Å². The molecule has 142 heavy (non-hydrogen) atoms. The van der Waals surface area contributed by atoms with Crippen molar-refractivity contribution in [2.75, 3.05) is 35.0 Å². The zero-order valence-electron chi connectivity index (χ0n) is 77.6. The number of rotatable bonds is 31. The van der Waals surface area contributed by atoms with E-state index in [9.17, 15) is 23.6 Å². The molecule has 44 heteroatoms. The Kier molecular flexibility index (Phi) is 27.9. The van der Waals surface area contributed by atoms with Crippen LogP contribution in [-0.4, -0.2) is 196 Å². The van der Waals surface area contributed by atoms with Crippen LogP contribution in [0.1, 0.15) is 153 Å². The molecule has 0 saturated heterocycles. The Labute approximate surface area is 804 Å². The average Bonchev–Trinajstić information content (AvgIpc) is 1.60. The number of aromatic nitrogens is 24. The van der Waals surface area contributed by atoms with Gasteiger partial charge in [0, 0.05) is 158 Å². The molecule has 0 bridgehead atoms. The normalized spacial score (nSPS) is 14.1. The van der Waals surface area contributed by atoms with Gasteiger partial charge in [0.25, 0.3) is 17.7 Å². The van der Waals surface area contributed by atoms with Gasteiger partial charge in [0.2, 0.25) is 46.8 Å². The standard InChI is InChI=1S/C27H27N7O4.C26H24FN7O4.C23H21N7O4.C22H18N6O4/c1-36-16-20-13-23(33-38-20)25-31-30-24-21-9-5-6-10-22(21)27(32-34(24)25)37-15-19-12-11-17(14-28-19)26(35)29-18-7-3-2-4-8-18;1-26(27)10-17(11-26)29-24(35)15-7-8-16(28-12-15)13-37-25-20-6-4-3-5-19(20)22-30-31-23(34(22)32-25)21-9-18(14-36-2)38-33-21;1-3-24-22(31)14-8-9-15(25-11-14)12-33-23-18-7-5-4-6-17(18)20-26-27-21(30(20)28-23)19-10-16(13-32-2)34-29-19;1-13(29)14-7-8-15(23-10-14)11-31-22-18-6-4-3-5-17(18)20-24-25-21(28(20)26-22)19-9-16(12-30-2)32-27-19/h5-6,9-14,18H,2-4,7-8,15-16H2,1H3,(H,29,35);3-9,12,17H,10-11,13-14H2,1-2H3,(H,29,35);4-11H,3,12-13H2,1-2H3,(H,24,31);3-10H,11-12H2,1-2H3. The number of amides is 3. The van der Waals surface area contributed by atoms with Crippen LogP contribution in [0.5, 0.6) is 23.5 Å². The highest BCUT2D eigenvalue weighted by Gasteiger charge is 2.41. The number of alkyl halides is 1. The number of hydrogen-bond donors (Lipinski definition) is 3. The molecule has 22 rings (SSSR count). The maximum absolute atomic E-state index is 13.7. The smallest absolute Gasteiger partial charge is 0.253 e. The summed E-state index contributed by atoms with van der Waals surface area (Å²) < 4.78 is 85.8. The molecule has 20 aromatic rings. The van der Waals surface area contributed by atoms with E-state index in [1.54, 1.807) is 132 Å². The van der Waals surface area contributed by atoms with Gasteiger partial charge in [-0.3, -0.25) is 39.1 Å². The van der Waals surface area contributed by atoms with E-state index in [4.69, 9.17) is 56.0 Å². The van der Waals surface area contributed by atoms with Crippen LogP contribution in [0.3, 0.4) is 0 Å². The summed E-state index contributed by atoms with van der Waals surface area (Å²) in [6.45, 7) is 7.26. The maximum Gasteiger partial charge on any atom is 0.253 e. The largest absolute Gasteiger partial charge is 0.470 e. The molecule has 0 unspecified atom stereocenters. The number of carbonyl (C=O) groups is 4. The zero-order valence-corrected chi connectivity index (χ0v) is 77.6. The second kappa shape index (κ2) is 42.3. The molecular formula is C98H90FN27O16. The number of ketones is 1. The van der Waals surface area contributed by atoms with Crippen molar-refractivity contribution in [2.45, 2.75) is 136 Å². The monoisotopic (exact) mass is 1920 g/mol. The quantitative estimate of drug-likeness (QED) is 0.0340. The van der Waals surface area contributed by atoms with Gasteiger partial charge in [-0.05, 0) is 106 Å². The van der Waals surface area contributed by atoms with Crippen LogP contribution in [0.15, 0.2) is 213 Å².